The molecule has 1 heterocycles. The van der Waals surface area contributed by atoms with Gasteiger partial charge < -0.3 is 20.1 Å². The lowest BCUT2D eigenvalue weighted by molar-refractivity contribution is 0.0148. The fraction of sp³-hybridized carbons (Fsp3) is 0.571. The van der Waals surface area contributed by atoms with Crippen LogP contribution in [-0.2, 0) is 4.74 Å². The number of rotatable bonds is 4. The van der Waals surface area contributed by atoms with Crippen LogP contribution in [0.3, 0.4) is 0 Å². The van der Waals surface area contributed by atoms with E-state index in [1.54, 1.807) is 7.11 Å². The number of hydrogen-bond donors (Lipinski definition) is 2. The Labute approximate surface area is 108 Å². The quantitative estimate of drug-likeness (QED) is 0.850. The number of nitrogens with one attached hydrogen (secondary N) is 2. The molecule has 1 aromatic carbocycles. The van der Waals surface area contributed by atoms with E-state index in [1.165, 1.54) is 0 Å². The van der Waals surface area contributed by atoms with E-state index in [-0.39, 0.29) is 6.10 Å². The average molecular weight is 248 g/mol. The number of hydrogen-bond acceptors (Lipinski definition) is 4. The Morgan fingerprint density at radius 3 is 3.06 bits per heavy atom. The van der Waals surface area contributed by atoms with Crippen molar-refractivity contribution in [3.8, 4) is 5.75 Å². The van der Waals surface area contributed by atoms with Crippen molar-refractivity contribution in [2.24, 2.45) is 0 Å². The van der Waals surface area contributed by atoms with Crippen molar-refractivity contribution in [3.63, 3.8) is 0 Å². The number of ether oxygens (including phenoxy) is 2. The minimum atomic E-state index is 0.210. The first-order chi connectivity index (χ1) is 8.85. The highest BCUT2D eigenvalue weighted by atomic mass is 16.5. The van der Waals surface area contributed by atoms with Gasteiger partial charge in [0.25, 0.3) is 0 Å². The third-order valence-electron chi connectivity index (χ3n) is 3.76. The zero-order chi connectivity index (χ0) is 12.4. The Morgan fingerprint density at radius 1 is 1.39 bits per heavy atom. The van der Waals surface area contributed by atoms with Gasteiger partial charge in [0.1, 0.15) is 11.9 Å². The first kappa shape index (κ1) is 11.8. The van der Waals surface area contributed by atoms with Crippen LogP contribution in [0.1, 0.15) is 12.8 Å². The largest absolute Gasteiger partial charge is 0.485 e. The zero-order valence-corrected chi connectivity index (χ0v) is 10.7. The standard InChI is InChI=1S/C14H20N2O2/c1-17-11-6-10(7-11)15-8-12-9-16-13-4-2-3-5-14(13)18-12/h2-5,10-12,15-16H,6-9H2,1H3. The summed E-state index contributed by atoms with van der Waals surface area (Å²) in [5, 5.41) is 6.94. The first-order valence-electron chi connectivity index (χ1n) is 6.61. The van der Waals surface area contributed by atoms with Crippen LogP contribution in [0.25, 0.3) is 0 Å². The summed E-state index contributed by atoms with van der Waals surface area (Å²) in [6.45, 7) is 1.76. The molecule has 1 saturated carbocycles. The Balaban J connectivity index is 1.46. The molecule has 0 bridgehead atoms. The van der Waals surface area contributed by atoms with Gasteiger partial charge in [-0.15, -0.1) is 0 Å². The van der Waals surface area contributed by atoms with E-state index in [0.29, 0.717) is 12.1 Å². The second-order valence-corrected chi connectivity index (χ2v) is 5.05. The monoisotopic (exact) mass is 248 g/mol. The molecule has 1 aliphatic carbocycles. The summed E-state index contributed by atoms with van der Waals surface area (Å²) in [5.74, 6) is 0.957. The maximum absolute atomic E-state index is 5.95. The summed E-state index contributed by atoms with van der Waals surface area (Å²) in [6.07, 6.45) is 2.90. The smallest absolute Gasteiger partial charge is 0.142 e. The van der Waals surface area contributed by atoms with Crippen molar-refractivity contribution in [2.45, 2.75) is 31.1 Å². The van der Waals surface area contributed by atoms with Crippen LogP contribution in [-0.4, -0.2) is 38.4 Å². The van der Waals surface area contributed by atoms with Crippen molar-refractivity contribution in [3.05, 3.63) is 24.3 Å². The molecule has 1 aromatic rings. The molecule has 1 fully saturated rings. The molecule has 1 aliphatic heterocycles. The summed E-state index contributed by atoms with van der Waals surface area (Å²) < 4.78 is 11.2. The van der Waals surface area contributed by atoms with Gasteiger partial charge in [-0.25, -0.2) is 0 Å². The molecule has 0 amide bonds. The van der Waals surface area contributed by atoms with Crippen molar-refractivity contribution in [1.82, 2.24) is 5.32 Å². The van der Waals surface area contributed by atoms with Crippen LogP contribution in [0.4, 0.5) is 5.69 Å². The maximum Gasteiger partial charge on any atom is 0.142 e. The minimum Gasteiger partial charge on any atom is -0.485 e. The van der Waals surface area contributed by atoms with E-state index in [9.17, 15) is 0 Å². The van der Waals surface area contributed by atoms with Crippen molar-refractivity contribution < 1.29 is 9.47 Å². The normalized spacial score (nSPS) is 29.7. The highest BCUT2D eigenvalue weighted by molar-refractivity contribution is 5.57. The van der Waals surface area contributed by atoms with E-state index in [0.717, 1.165) is 37.4 Å². The summed E-state index contributed by atoms with van der Waals surface area (Å²) in [7, 11) is 1.78. The van der Waals surface area contributed by atoms with Gasteiger partial charge in [0.05, 0.1) is 18.3 Å². The van der Waals surface area contributed by atoms with E-state index in [1.807, 2.05) is 24.3 Å². The molecule has 0 radical (unpaired) electrons. The Kier molecular flexibility index (Phi) is 3.39. The van der Waals surface area contributed by atoms with Gasteiger partial charge >= 0.3 is 0 Å². The molecule has 98 valence electrons. The lowest BCUT2D eigenvalue weighted by atomic mass is 9.89. The molecule has 0 saturated heterocycles. The zero-order valence-electron chi connectivity index (χ0n) is 10.7. The topological polar surface area (TPSA) is 42.5 Å². The van der Waals surface area contributed by atoms with E-state index in [2.05, 4.69) is 10.6 Å². The van der Waals surface area contributed by atoms with Gasteiger partial charge in [-0.05, 0) is 25.0 Å². The molecule has 2 aliphatic rings. The number of fused-ring (bicyclic) bond motifs is 1. The van der Waals surface area contributed by atoms with Crippen LogP contribution >= 0.6 is 0 Å². The van der Waals surface area contributed by atoms with Gasteiger partial charge in [-0.1, -0.05) is 12.1 Å². The van der Waals surface area contributed by atoms with Crippen LogP contribution in [0.15, 0.2) is 24.3 Å². The van der Waals surface area contributed by atoms with Crippen LogP contribution in [0.2, 0.25) is 0 Å². The SMILES string of the molecule is COC1CC(NCC2CNc3ccccc3O2)C1. The Morgan fingerprint density at radius 2 is 2.22 bits per heavy atom. The molecule has 0 spiro atoms. The molecule has 2 N–H and O–H groups in total. The number of benzene rings is 1. The molecule has 18 heavy (non-hydrogen) atoms. The molecular formula is C14H20N2O2. The Bertz CT molecular complexity index is 405. The molecular weight excluding hydrogens is 228 g/mol. The van der Waals surface area contributed by atoms with Crippen molar-refractivity contribution >= 4 is 5.69 Å². The van der Waals surface area contributed by atoms with Gasteiger partial charge in [0.2, 0.25) is 0 Å². The van der Waals surface area contributed by atoms with Gasteiger partial charge in [-0.2, -0.15) is 0 Å². The average Bonchev–Trinajstić information content (AvgIpc) is 2.37. The predicted octanol–water partition coefficient (Wildman–Crippen LogP) is 1.63. The number of para-hydroxylation sites is 2. The lowest BCUT2D eigenvalue weighted by Crippen LogP contribution is -2.49. The van der Waals surface area contributed by atoms with Gasteiger partial charge in [-0.3, -0.25) is 0 Å². The fourth-order valence-electron chi connectivity index (χ4n) is 2.50. The molecule has 1 unspecified atom stereocenters. The number of anilines is 1. The molecule has 1 atom stereocenters. The summed E-state index contributed by atoms with van der Waals surface area (Å²) in [6, 6.07) is 8.68. The summed E-state index contributed by atoms with van der Waals surface area (Å²) >= 11 is 0. The molecule has 0 aromatic heterocycles. The number of methoxy groups -OCH3 is 1. The van der Waals surface area contributed by atoms with E-state index in [4.69, 9.17) is 9.47 Å². The maximum atomic E-state index is 5.95. The molecule has 4 heteroatoms. The lowest BCUT2D eigenvalue weighted by Gasteiger charge is -2.36. The molecule has 4 nitrogen and oxygen atoms in total. The Hall–Kier alpha value is -1.26. The van der Waals surface area contributed by atoms with Crippen molar-refractivity contribution in [1.29, 1.82) is 0 Å². The second-order valence-electron chi connectivity index (χ2n) is 5.05. The molecule has 3 rings (SSSR count). The van der Waals surface area contributed by atoms with Crippen LogP contribution in [0.5, 0.6) is 5.75 Å². The van der Waals surface area contributed by atoms with Crippen LogP contribution in [0, 0.1) is 0 Å². The fourth-order valence-corrected chi connectivity index (χ4v) is 2.50. The van der Waals surface area contributed by atoms with Crippen LogP contribution < -0.4 is 15.4 Å². The first-order valence-corrected chi connectivity index (χ1v) is 6.61. The summed E-state index contributed by atoms with van der Waals surface area (Å²) in [4.78, 5) is 0. The highest BCUT2D eigenvalue weighted by Gasteiger charge is 2.29. The van der Waals surface area contributed by atoms with Crippen molar-refractivity contribution in [2.75, 3.05) is 25.5 Å². The van der Waals surface area contributed by atoms with Gasteiger partial charge in [0.15, 0.2) is 0 Å². The van der Waals surface area contributed by atoms with E-state index < -0.39 is 0 Å². The summed E-state index contributed by atoms with van der Waals surface area (Å²) in [5.41, 5.74) is 1.09. The second kappa shape index (κ2) is 5.16. The van der Waals surface area contributed by atoms with E-state index >= 15 is 0 Å². The predicted molar refractivity (Wildman–Crippen MR) is 71.2 cm³/mol. The highest BCUT2D eigenvalue weighted by Crippen LogP contribution is 2.28. The third kappa shape index (κ3) is 2.44. The minimum absolute atomic E-state index is 0.210. The third-order valence-corrected chi connectivity index (χ3v) is 3.76. The van der Waals surface area contributed by atoms with Gasteiger partial charge in [0, 0.05) is 19.7 Å².